The van der Waals surface area contributed by atoms with Crippen molar-refractivity contribution in [3.8, 4) is 0 Å². The summed E-state index contributed by atoms with van der Waals surface area (Å²) in [5.74, 6) is 0.0523. The average Bonchev–Trinajstić information content (AvgIpc) is 2.45. The monoisotopic (exact) mass is 353 g/mol. The molecule has 0 bridgehead atoms. The Hall–Kier alpha value is -1.47. The van der Waals surface area contributed by atoms with E-state index in [9.17, 15) is 4.79 Å². The molecule has 0 unspecified atom stereocenters. The summed E-state index contributed by atoms with van der Waals surface area (Å²) in [6.07, 6.45) is 2.94. The Morgan fingerprint density at radius 3 is 2.17 bits per heavy atom. The zero-order valence-electron chi connectivity index (χ0n) is 16.2. The quantitative estimate of drug-likeness (QED) is 0.592. The third-order valence-corrected chi connectivity index (χ3v) is 8.69. The molecule has 0 aliphatic heterocycles. The molecule has 1 heterocycles. The lowest BCUT2D eigenvalue weighted by atomic mass is 10.1. The second-order valence-corrected chi connectivity index (χ2v) is 12.9. The Morgan fingerprint density at radius 1 is 1.17 bits per heavy atom. The Kier molecular flexibility index (Phi) is 6.52. The summed E-state index contributed by atoms with van der Waals surface area (Å²) in [5.41, 5.74) is 0.0266. The molecular weight excluding hydrogens is 322 g/mol. The third-order valence-electron chi connectivity index (χ3n) is 4.21. The fourth-order valence-corrected chi connectivity index (χ4v) is 2.78. The number of carbonyl (C=O) groups is 1. The number of nitrogens with one attached hydrogen (secondary N) is 1. The van der Waals surface area contributed by atoms with Gasteiger partial charge in [-0.05, 0) is 38.9 Å². The van der Waals surface area contributed by atoms with Gasteiger partial charge in [0.2, 0.25) is 5.95 Å². The normalized spacial score (nSPS) is 12.8. The zero-order chi connectivity index (χ0) is 18.6. The van der Waals surface area contributed by atoms with Crippen LogP contribution in [0.25, 0.3) is 0 Å². The maximum Gasteiger partial charge on any atom is 0.341 e. The standard InChI is InChI=1S/C17H31N3O3Si/c1-9-22-14(21)13-10-18-15(19-11-13)20-17(5,6)12-23-24(7,8)16(2,3)4/h10-11H,9,12H2,1-8H3,(H,18,19,20). The molecule has 0 spiro atoms. The van der Waals surface area contributed by atoms with Crippen molar-refractivity contribution in [3.05, 3.63) is 18.0 Å². The van der Waals surface area contributed by atoms with Crippen molar-refractivity contribution in [2.45, 2.75) is 65.2 Å². The van der Waals surface area contributed by atoms with Crippen LogP contribution in [0.5, 0.6) is 0 Å². The van der Waals surface area contributed by atoms with Crippen molar-refractivity contribution in [2.24, 2.45) is 0 Å². The van der Waals surface area contributed by atoms with E-state index in [1.165, 1.54) is 12.4 Å². The summed E-state index contributed by atoms with van der Waals surface area (Å²) in [6, 6.07) is 0. The van der Waals surface area contributed by atoms with Crippen LogP contribution in [0.1, 0.15) is 51.9 Å². The maximum absolute atomic E-state index is 11.6. The van der Waals surface area contributed by atoms with Crippen molar-refractivity contribution >= 4 is 20.2 Å². The molecule has 0 aliphatic carbocycles. The van der Waals surface area contributed by atoms with Gasteiger partial charge in [-0.1, -0.05) is 20.8 Å². The largest absolute Gasteiger partial charge is 0.462 e. The van der Waals surface area contributed by atoms with Crippen LogP contribution >= 0.6 is 0 Å². The summed E-state index contributed by atoms with van der Waals surface area (Å²) in [5, 5.41) is 3.43. The number of hydrogen-bond donors (Lipinski definition) is 1. The fraction of sp³-hybridized carbons (Fsp3) is 0.706. The molecule has 136 valence electrons. The molecule has 0 aliphatic rings. The van der Waals surface area contributed by atoms with E-state index in [0.717, 1.165) is 0 Å². The lowest BCUT2D eigenvalue weighted by Crippen LogP contribution is -2.47. The Labute approximate surface area is 146 Å². The van der Waals surface area contributed by atoms with Gasteiger partial charge in [0.25, 0.3) is 0 Å². The van der Waals surface area contributed by atoms with Gasteiger partial charge in [0.05, 0.1) is 24.3 Å². The van der Waals surface area contributed by atoms with Gasteiger partial charge in [-0.2, -0.15) is 0 Å². The predicted molar refractivity (Wildman–Crippen MR) is 98.8 cm³/mol. The fourth-order valence-electron chi connectivity index (χ4n) is 1.63. The van der Waals surface area contributed by atoms with Crippen LogP contribution in [0.4, 0.5) is 5.95 Å². The first kappa shape index (κ1) is 20.6. The number of rotatable bonds is 7. The molecule has 0 saturated heterocycles. The summed E-state index contributed by atoms with van der Waals surface area (Å²) >= 11 is 0. The molecule has 7 heteroatoms. The predicted octanol–water partition coefficient (Wildman–Crippen LogP) is 3.87. The summed E-state index contributed by atoms with van der Waals surface area (Å²) in [7, 11) is -1.81. The summed E-state index contributed by atoms with van der Waals surface area (Å²) < 4.78 is 11.2. The molecule has 1 N–H and O–H groups in total. The van der Waals surface area contributed by atoms with Gasteiger partial charge in [-0.15, -0.1) is 0 Å². The van der Waals surface area contributed by atoms with E-state index in [2.05, 4.69) is 49.1 Å². The molecular formula is C17H31N3O3Si. The molecule has 1 rings (SSSR count). The van der Waals surface area contributed by atoms with Crippen LogP contribution in [0.2, 0.25) is 18.1 Å². The highest BCUT2D eigenvalue weighted by atomic mass is 28.4. The number of hydrogen-bond acceptors (Lipinski definition) is 6. The minimum absolute atomic E-state index is 0.168. The Morgan fingerprint density at radius 2 is 1.71 bits per heavy atom. The smallest absolute Gasteiger partial charge is 0.341 e. The van der Waals surface area contributed by atoms with Crippen LogP contribution in [0.3, 0.4) is 0 Å². The van der Waals surface area contributed by atoms with E-state index < -0.39 is 14.3 Å². The number of nitrogens with zero attached hydrogens (tertiary/aromatic N) is 2. The van der Waals surface area contributed by atoms with Gasteiger partial charge in [-0.3, -0.25) is 0 Å². The van der Waals surface area contributed by atoms with Gasteiger partial charge in [0.1, 0.15) is 0 Å². The van der Waals surface area contributed by atoms with Crippen molar-refractivity contribution in [2.75, 3.05) is 18.5 Å². The number of esters is 1. The second kappa shape index (κ2) is 7.61. The van der Waals surface area contributed by atoms with Crippen LogP contribution in [0.15, 0.2) is 12.4 Å². The van der Waals surface area contributed by atoms with Gasteiger partial charge in [0, 0.05) is 12.4 Å². The number of aromatic nitrogens is 2. The van der Waals surface area contributed by atoms with Gasteiger partial charge >= 0.3 is 5.97 Å². The van der Waals surface area contributed by atoms with Crippen LogP contribution in [-0.4, -0.2) is 43.0 Å². The highest BCUT2D eigenvalue weighted by molar-refractivity contribution is 6.74. The van der Waals surface area contributed by atoms with E-state index in [4.69, 9.17) is 9.16 Å². The van der Waals surface area contributed by atoms with Crippen molar-refractivity contribution in [1.82, 2.24) is 9.97 Å². The van der Waals surface area contributed by atoms with E-state index in [1.807, 2.05) is 13.8 Å². The van der Waals surface area contributed by atoms with E-state index in [1.54, 1.807) is 6.92 Å². The SMILES string of the molecule is CCOC(=O)c1cnc(NC(C)(C)CO[Si](C)(C)C(C)(C)C)nc1. The molecule has 1 aromatic heterocycles. The lowest BCUT2D eigenvalue weighted by Gasteiger charge is -2.39. The van der Waals surface area contributed by atoms with Crippen molar-refractivity contribution in [3.63, 3.8) is 0 Å². The van der Waals surface area contributed by atoms with Crippen LogP contribution < -0.4 is 5.32 Å². The van der Waals surface area contributed by atoms with Crippen LogP contribution in [0, 0.1) is 0 Å². The molecule has 0 aromatic carbocycles. The van der Waals surface area contributed by atoms with Crippen molar-refractivity contribution < 1.29 is 14.0 Å². The maximum atomic E-state index is 11.6. The number of ether oxygens (including phenoxy) is 1. The zero-order valence-corrected chi connectivity index (χ0v) is 17.2. The number of carbonyl (C=O) groups excluding carboxylic acids is 1. The first-order valence-corrected chi connectivity index (χ1v) is 11.2. The van der Waals surface area contributed by atoms with E-state index in [-0.39, 0.29) is 10.6 Å². The van der Waals surface area contributed by atoms with E-state index >= 15 is 0 Å². The molecule has 1 aromatic rings. The highest BCUT2D eigenvalue weighted by Gasteiger charge is 2.38. The molecule has 24 heavy (non-hydrogen) atoms. The summed E-state index contributed by atoms with van der Waals surface area (Å²) in [4.78, 5) is 20.0. The molecule has 0 saturated carbocycles. The number of anilines is 1. The molecule has 0 fully saturated rings. The van der Waals surface area contributed by atoms with E-state index in [0.29, 0.717) is 24.7 Å². The first-order valence-electron chi connectivity index (χ1n) is 8.29. The lowest BCUT2D eigenvalue weighted by molar-refractivity contribution is 0.0525. The van der Waals surface area contributed by atoms with Crippen LogP contribution in [-0.2, 0) is 9.16 Å². The van der Waals surface area contributed by atoms with Gasteiger partial charge in [-0.25, -0.2) is 14.8 Å². The Bertz CT molecular complexity index is 551. The topological polar surface area (TPSA) is 73.3 Å². The third kappa shape index (κ3) is 5.87. The minimum Gasteiger partial charge on any atom is -0.462 e. The first-order chi connectivity index (χ1) is 10.9. The second-order valence-electron chi connectivity index (χ2n) is 8.07. The molecule has 0 atom stereocenters. The molecule has 0 radical (unpaired) electrons. The van der Waals surface area contributed by atoms with Gasteiger partial charge in [0.15, 0.2) is 8.32 Å². The molecule has 0 amide bonds. The van der Waals surface area contributed by atoms with Gasteiger partial charge < -0.3 is 14.5 Å². The Balaban J connectivity index is 2.69. The summed E-state index contributed by atoms with van der Waals surface area (Å²) in [6.45, 7) is 17.9. The average molecular weight is 354 g/mol. The molecule has 6 nitrogen and oxygen atoms in total. The minimum atomic E-state index is -1.81. The highest BCUT2D eigenvalue weighted by Crippen LogP contribution is 2.37. The van der Waals surface area contributed by atoms with Crippen molar-refractivity contribution in [1.29, 1.82) is 0 Å².